The zero-order chi connectivity index (χ0) is 19.8. The summed E-state index contributed by atoms with van der Waals surface area (Å²) in [5, 5.41) is 4.03. The summed E-state index contributed by atoms with van der Waals surface area (Å²) in [6.45, 7) is 6.30. The predicted octanol–water partition coefficient (Wildman–Crippen LogP) is 3.39. The summed E-state index contributed by atoms with van der Waals surface area (Å²) in [6.07, 6.45) is 5.75. The van der Waals surface area contributed by atoms with Crippen LogP contribution in [0.2, 0.25) is 0 Å². The smallest absolute Gasteiger partial charge is 0.231 e. The summed E-state index contributed by atoms with van der Waals surface area (Å²) in [4.78, 5) is 21.9. The van der Waals surface area contributed by atoms with Crippen LogP contribution in [0, 0.1) is 18.3 Å². The SMILES string of the molecule is Cc1noc(C2CN(Cc3ccccc3)CC23CN(C(=O)CC2CCCC2)C3)n1. The Bertz CT molecular complexity index is 853. The Balaban J connectivity index is 1.29. The Labute approximate surface area is 172 Å². The minimum Gasteiger partial charge on any atom is -0.341 e. The van der Waals surface area contributed by atoms with E-state index < -0.39 is 0 Å². The molecule has 0 bridgehead atoms. The highest BCUT2D eigenvalue weighted by atomic mass is 16.5. The molecule has 5 rings (SSSR count). The molecule has 1 atom stereocenters. The number of amides is 1. The highest BCUT2D eigenvalue weighted by Gasteiger charge is 2.57. The first-order valence-corrected chi connectivity index (χ1v) is 11.0. The third-order valence-corrected chi connectivity index (χ3v) is 7.11. The number of nitrogens with zero attached hydrogens (tertiary/aromatic N) is 4. The quantitative estimate of drug-likeness (QED) is 0.778. The molecule has 3 heterocycles. The Morgan fingerprint density at radius 2 is 1.93 bits per heavy atom. The van der Waals surface area contributed by atoms with Crippen molar-refractivity contribution in [1.29, 1.82) is 0 Å². The number of aryl methyl sites for hydroxylation is 1. The summed E-state index contributed by atoms with van der Waals surface area (Å²) in [7, 11) is 0. The highest BCUT2D eigenvalue weighted by molar-refractivity contribution is 5.77. The molecule has 1 amide bonds. The normalized spacial score (nSPS) is 24.3. The minimum atomic E-state index is 0.0408. The molecule has 0 N–H and O–H groups in total. The van der Waals surface area contributed by atoms with Crippen LogP contribution in [0.15, 0.2) is 34.9 Å². The minimum absolute atomic E-state index is 0.0408. The molecule has 154 valence electrons. The van der Waals surface area contributed by atoms with Gasteiger partial charge in [-0.15, -0.1) is 0 Å². The molecule has 0 radical (unpaired) electrons. The van der Waals surface area contributed by atoms with Crippen molar-refractivity contribution in [2.75, 3.05) is 26.2 Å². The van der Waals surface area contributed by atoms with Crippen LogP contribution in [0.1, 0.15) is 55.3 Å². The van der Waals surface area contributed by atoms with Gasteiger partial charge in [0.05, 0.1) is 5.92 Å². The average Bonchev–Trinajstić information content (AvgIpc) is 3.41. The van der Waals surface area contributed by atoms with Crippen LogP contribution in [0.3, 0.4) is 0 Å². The number of likely N-dealkylation sites (tertiary alicyclic amines) is 2. The van der Waals surface area contributed by atoms with Crippen molar-refractivity contribution in [1.82, 2.24) is 19.9 Å². The molecule has 1 spiro atoms. The first-order valence-electron chi connectivity index (χ1n) is 11.0. The lowest BCUT2D eigenvalue weighted by atomic mass is 9.71. The summed E-state index contributed by atoms with van der Waals surface area (Å²) in [5.41, 5.74) is 1.36. The molecule has 1 aromatic heterocycles. The number of carbonyl (C=O) groups is 1. The Hall–Kier alpha value is -2.21. The van der Waals surface area contributed by atoms with E-state index in [0.29, 0.717) is 17.6 Å². The van der Waals surface area contributed by atoms with Crippen LogP contribution < -0.4 is 0 Å². The van der Waals surface area contributed by atoms with Gasteiger partial charge in [0.1, 0.15) is 0 Å². The first kappa shape index (κ1) is 18.8. The molecule has 3 aliphatic rings. The second-order valence-corrected chi connectivity index (χ2v) is 9.35. The first-order chi connectivity index (χ1) is 14.1. The summed E-state index contributed by atoms with van der Waals surface area (Å²) in [6, 6.07) is 10.6. The molecular formula is C23H30N4O2. The highest BCUT2D eigenvalue weighted by Crippen LogP contribution is 2.49. The van der Waals surface area contributed by atoms with Gasteiger partial charge in [0, 0.05) is 44.6 Å². The lowest BCUT2D eigenvalue weighted by Crippen LogP contribution is -2.61. The van der Waals surface area contributed by atoms with Crippen LogP contribution >= 0.6 is 0 Å². The second kappa shape index (κ2) is 7.56. The Morgan fingerprint density at radius 1 is 1.17 bits per heavy atom. The van der Waals surface area contributed by atoms with Gasteiger partial charge in [-0.1, -0.05) is 48.3 Å². The zero-order valence-corrected chi connectivity index (χ0v) is 17.2. The van der Waals surface area contributed by atoms with Crippen molar-refractivity contribution in [3.63, 3.8) is 0 Å². The monoisotopic (exact) mass is 394 g/mol. The molecule has 2 saturated heterocycles. The molecule has 3 fully saturated rings. The predicted molar refractivity (Wildman–Crippen MR) is 109 cm³/mol. The topological polar surface area (TPSA) is 62.5 Å². The maximum Gasteiger partial charge on any atom is 0.231 e. The molecule has 29 heavy (non-hydrogen) atoms. The van der Waals surface area contributed by atoms with Gasteiger partial charge in [-0.3, -0.25) is 9.69 Å². The van der Waals surface area contributed by atoms with Crippen molar-refractivity contribution >= 4 is 5.91 Å². The van der Waals surface area contributed by atoms with E-state index in [4.69, 9.17) is 4.52 Å². The molecule has 2 aliphatic heterocycles. The number of rotatable bonds is 5. The van der Waals surface area contributed by atoms with E-state index >= 15 is 0 Å². The van der Waals surface area contributed by atoms with Crippen molar-refractivity contribution < 1.29 is 9.32 Å². The fourth-order valence-corrected chi connectivity index (χ4v) is 5.63. The van der Waals surface area contributed by atoms with E-state index in [1.165, 1.54) is 31.2 Å². The Kier molecular flexibility index (Phi) is 4.90. The van der Waals surface area contributed by atoms with E-state index in [2.05, 4.69) is 50.3 Å². The summed E-state index contributed by atoms with van der Waals surface area (Å²) >= 11 is 0. The lowest BCUT2D eigenvalue weighted by molar-refractivity contribution is -0.145. The van der Waals surface area contributed by atoms with Crippen molar-refractivity contribution in [2.45, 2.75) is 51.5 Å². The van der Waals surface area contributed by atoms with E-state index in [9.17, 15) is 4.79 Å². The molecule has 1 unspecified atom stereocenters. The van der Waals surface area contributed by atoms with Gasteiger partial charge in [0.15, 0.2) is 5.82 Å². The van der Waals surface area contributed by atoms with Crippen molar-refractivity contribution in [2.24, 2.45) is 11.3 Å². The lowest BCUT2D eigenvalue weighted by Gasteiger charge is -2.50. The fourth-order valence-electron chi connectivity index (χ4n) is 5.63. The maximum absolute atomic E-state index is 12.8. The molecule has 2 aromatic rings. The van der Waals surface area contributed by atoms with E-state index in [-0.39, 0.29) is 11.3 Å². The Morgan fingerprint density at radius 3 is 2.62 bits per heavy atom. The van der Waals surface area contributed by atoms with Gasteiger partial charge in [0.25, 0.3) is 0 Å². The molecule has 6 nitrogen and oxygen atoms in total. The van der Waals surface area contributed by atoms with Gasteiger partial charge in [-0.05, 0) is 31.2 Å². The molecule has 1 aliphatic carbocycles. The average molecular weight is 395 g/mol. The third-order valence-electron chi connectivity index (χ3n) is 7.11. The van der Waals surface area contributed by atoms with Crippen LogP contribution in [-0.4, -0.2) is 52.0 Å². The molecule has 1 saturated carbocycles. The van der Waals surface area contributed by atoms with E-state index in [1.807, 2.05) is 6.92 Å². The summed E-state index contributed by atoms with van der Waals surface area (Å²) < 4.78 is 5.59. The molecular weight excluding hydrogens is 364 g/mol. The van der Waals surface area contributed by atoms with Gasteiger partial charge in [-0.25, -0.2) is 0 Å². The largest absolute Gasteiger partial charge is 0.341 e. The second-order valence-electron chi connectivity index (χ2n) is 9.35. The van der Waals surface area contributed by atoms with Crippen LogP contribution in [0.4, 0.5) is 0 Å². The number of benzene rings is 1. The molecule has 1 aromatic carbocycles. The number of hydrogen-bond donors (Lipinski definition) is 0. The fraction of sp³-hybridized carbons (Fsp3) is 0.609. The van der Waals surface area contributed by atoms with Crippen LogP contribution in [0.5, 0.6) is 0 Å². The van der Waals surface area contributed by atoms with Crippen molar-refractivity contribution in [3.05, 3.63) is 47.6 Å². The van der Waals surface area contributed by atoms with E-state index in [1.54, 1.807) is 0 Å². The number of aromatic nitrogens is 2. The number of carbonyl (C=O) groups excluding carboxylic acids is 1. The van der Waals surface area contributed by atoms with Gasteiger partial charge in [-0.2, -0.15) is 4.98 Å². The standard InChI is InChI=1S/C23H30N4O2/c1-17-24-22(29-25-17)20-13-26(12-19-9-3-2-4-10-19)14-23(20)15-27(16-23)21(28)11-18-7-5-6-8-18/h2-4,9-10,18,20H,5-8,11-16H2,1H3. The zero-order valence-electron chi connectivity index (χ0n) is 17.2. The maximum atomic E-state index is 12.8. The van der Waals surface area contributed by atoms with Gasteiger partial charge >= 0.3 is 0 Å². The number of hydrogen-bond acceptors (Lipinski definition) is 5. The van der Waals surface area contributed by atoms with Crippen LogP contribution in [-0.2, 0) is 11.3 Å². The van der Waals surface area contributed by atoms with Gasteiger partial charge in [0.2, 0.25) is 11.8 Å². The van der Waals surface area contributed by atoms with Gasteiger partial charge < -0.3 is 9.42 Å². The van der Waals surface area contributed by atoms with E-state index in [0.717, 1.165) is 45.0 Å². The van der Waals surface area contributed by atoms with Crippen molar-refractivity contribution in [3.8, 4) is 0 Å². The van der Waals surface area contributed by atoms with Crippen LogP contribution in [0.25, 0.3) is 0 Å². The third kappa shape index (κ3) is 3.70. The molecule has 6 heteroatoms. The summed E-state index contributed by atoms with van der Waals surface area (Å²) in [5.74, 6) is 2.56.